The molecule has 6 heteroatoms. The van der Waals surface area contributed by atoms with Gasteiger partial charge >= 0.3 is 0 Å². The van der Waals surface area contributed by atoms with Crippen LogP contribution in [0.15, 0.2) is 42.5 Å². The first-order valence-electron chi connectivity index (χ1n) is 12.6. The number of nitrogens with one attached hydrogen (secondary N) is 2. The Kier molecular flexibility index (Phi) is 6.47. The van der Waals surface area contributed by atoms with E-state index in [0.717, 1.165) is 30.7 Å². The van der Waals surface area contributed by atoms with E-state index < -0.39 is 23.8 Å². The van der Waals surface area contributed by atoms with Gasteiger partial charge in [0, 0.05) is 25.1 Å². The Balaban J connectivity index is 1.25. The zero-order valence-corrected chi connectivity index (χ0v) is 19.7. The summed E-state index contributed by atoms with van der Waals surface area (Å²) >= 11 is 0. The number of hydrogen-bond donors (Lipinski definition) is 3. The molecule has 3 saturated carbocycles. The van der Waals surface area contributed by atoms with Crippen molar-refractivity contribution in [3.63, 3.8) is 0 Å². The van der Waals surface area contributed by atoms with Crippen molar-refractivity contribution in [2.24, 2.45) is 11.8 Å². The molecule has 0 aromatic heterocycles. The number of rotatable bonds is 9. The Morgan fingerprint density at radius 2 is 1.88 bits per heavy atom. The van der Waals surface area contributed by atoms with Gasteiger partial charge in [-0.3, -0.25) is 4.79 Å². The Hall–Kier alpha value is -2.31. The highest BCUT2D eigenvalue weighted by Crippen LogP contribution is 2.54. The standard InChI is InChI=1S/C28H34F2N2O2/c1-17(33)32-26(13-19-10-23(29)15-24(30)11-19)27(34)16-31-28(7-8-28)22-4-2-3-20(14-22)25-12-18-5-6-21(25)9-18/h2-4,10-11,14-15,18,21,25-27,31,34H,5-9,12-13,16H2,1H3,(H,32,33)/t18?,21?,25?,26-,27+/m0/s1. The van der Waals surface area contributed by atoms with E-state index in [1.807, 2.05) is 0 Å². The number of amides is 1. The zero-order chi connectivity index (χ0) is 23.9. The van der Waals surface area contributed by atoms with Crippen molar-refractivity contribution in [2.75, 3.05) is 6.54 Å². The minimum absolute atomic E-state index is 0.143. The Bertz CT molecular complexity index is 1030. The van der Waals surface area contributed by atoms with E-state index in [1.54, 1.807) is 0 Å². The maximum Gasteiger partial charge on any atom is 0.217 e. The summed E-state index contributed by atoms with van der Waals surface area (Å²) in [5.74, 6) is 0.778. The maximum absolute atomic E-state index is 13.6. The molecule has 3 N–H and O–H groups in total. The molecule has 0 saturated heterocycles. The number of carbonyl (C=O) groups excluding carboxylic acids is 1. The smallest absolute Gasteiger partial charge is 0.217 e. The molecule has 0 aliphatic heterocycles. The molecule has 1 amide bonds. The maximum atomic E-state index is 13.6. The number of aliphatic hydroxyl groups excluding tert-OH is 1. The van der Waals surface area contributed by atoms with Gasteiger partial charge in [-0.2, -0.15) is 0 Å². The molecule has 0 radical (unpaired) electrons. The second-order valence-electron chi connectivity index (χ2n) is 10.7. The minimum atomic E-state index is -0.901. The second kappa shape index (κ2) is 9.38. The lowest BCUT2D eigenvalue weighted by molar-refractivity contribution is -0.120. The molecule has 5 atom stereocenters. The molecule has 182 valence electrons. The quantitative estimate of drug-likeness (QED) is 0.506. The van der Waals surface area contributed by atoms with Gasteiger partial charge in [-0.05, 0) is 85.1 Å². The van der Waals surface area contributed by atoms with Crippen LogP contribution in [0.1, 0.15) is 68.1 Å². The average molecular weight is 469 g/mol. The van der Waals surface area contributed by atoms with Crippen LogP contribution in [-0.4, -0.2) is 29.7 Å². The summed E-state index contributed by atoms with van der Waals surface area (Å²) in [5, 5.41) is 17.2. The highest BCUT2D eigenvalue weighted by molar-refractivity contribution is 5.73. The van der Waals surface area contributed by atoms with Crippen molar-refractivity contribution in [1.29, 1.82) is 0 Å². The Labute approximate surface area is 200 Å². The van der Waals surface area contributed by atoms with Crippen molar-refractivity contribution in [2.45, 2.75) is 75.5 Å². The molecule has 5 rings (SSSR count). The van der Waals surface area contributed by atoms with E-state index >= 15 is 0 Å². The molecule has 0 heterocycles. The van der Waals surface area contributed by atoms with Crippen LogP contribution in [-0.2, 0) is 16.8 Å². The van der Waals surface area contributed by atoms with E-state index in [4.69, 9.17) is 0 Å². The van der Waals surface area contributed by atoms with Crippen LogP contribution in [0.3, 0.4) is 0 Å². The van der Waals surface area contributed by atoms with E-state index in [2.05, 4.69) is 34.9 Å². The predicted octanol–water partition coefficient (Wildman–Crippen LogP) is 4.56. The predicted molar refractivity (Wildman–Crippen MR) is 127 cm³/mol. The van der Waals surface area contributed by atoms with E-state index in [0.29, 0.717) is 11.5 Å². The van der Waals surface area contributed by atoms with Crippen LogP contribution in [0.25, 0.3) is 0 Å². The Morgan fingerprint density at radius 1 is 1.12 bits per heavy atom. The third-order valence-corrected chi connectivity index (χ3v) is 8.24. The first-order valence-corrected chi connectivity index (χ1v) is 12.6. The fraction of sp³-hybridized carbons (Fsp3) is 0.536. The lowest BCUT2D eigenvalue weighted by Crippen LogP contribution is -2.49. The van der Waals surface area contributed by atoms with Crippen molar-refractivity contribution in [3.8, 4) is 0 Å². The molecule has 4 nitrogen and oxygen atoms in total. The SMILES string of the molecule is CC(=O)N[C@@H](Cc1cc(F)cc(F)c1)[C@H](O)CNC1(c2cccc(C3CC4CCC3C4)c2)CC1. The number of carbonyl (C=O) groups is 1. The fourth-order valence-corrected chi connectivity index (χ4v) is 6.38. The number of aliphatic hydroxyl groups is 1. The van der Waals surface area contributed by atoms with Crippen LogP contribution >= 0.6 is 0 Å². The summed E-state index contributed by atoms with van der Waals surface area (Å²) in [6.45, 7) is 1.66. The summed E-state index contributed by atoms with van der Waals surface area (Å²) in [5.41, 5.74) is 2.96. The molecule has 2 aromatic carbocycles. The zero-order valence-electron chi connectivity index (χ0n) is 19.7. The van der Waals surface area contributed by atoms with Gasteiger partial charge in [0.25, 0.3) is 0 Å². The lowest BCUT2D eigenvalue weighted by atomic mass is 9.82. The van der Waals surface area contributed by atoms with Gasteiger partial charge in [0.1, 0.15) is 11.6 Å². The van der Waals surface area contributed by atoms with Gasteiger partial charge in [-0.1, -0.05) is 30.7 Å². The van der Waals surface area contributed by atoms with Crippen LogP contribution in [0, 0.1) is 23.5 Å². The van der Waals surface area contributed by atoms with Crippen LogP contribution in [0.2, 0.25) is 0 Å². The molecular weight excluding hydrogens is 434 g/mol. The molecule has 2 bridgehead atoms. The van der Waals surface area contributed by atoms with Crippen LogP contribution < -0.4 is 10.6 Å². The van der Waals surface area contributed by atoms with Crippen molar-refractivity contribution in [3.05, 3.63) is 70.8 Å². The van der Waals surface area contributed by atoms with Gasteiger partial charge in [0.15, 0.2) is 0 Å². The summed E-state index contributed by atoms with van der Waals surface area (Å²) < 4.78 is 27.3. The monoisotopic (exact) mass is 468 g/mol. The third kappa shape index (κ3) is 5.03. The fourth-order valence-electron chi connectivity index (χ4n) is 6.38. The second-order valence-corrected chi connectivity index (χ2v) is 10.7. The van der Waals surface area contributed by atoms with Gasteiger partial charge < -0.3 is 15.7 Å². The summed E-state index contributed by atoms with van der Waals surface area (Å²) in [7, 11) is 0. The number of halogens is 2. The highest BCUT2D eigenvalue weighted by atomic mass is 19.1. The largest absolute Gasteiger partial charge is 0.390 e. The summed E-state index contributed by atoms with van der Waals surface area (Å²) in [6.07, 6.45) is 6.68. The normalized spacial score (nSPS) is 26.3. The third-order valence-electron chi connectivity index (χ3n) is 8.24. The van der Waals surface area contributed by atoms with Crippen LogP contribution in [0.4, 0.5) is 8.78 Å². The first kappa shape index (κ1) is 23.4. The van der Waals surface area contributed by atoms with Crippen LogP contribution in [0.5, 0.6) is 0 Å². The summed E-state index contributed by atoms with van der Waals surface area (Å²) in [4.78, 5) is 11.7. The number of fused-ring (bicyclic) bond motifs is 2. The molecule has 0 spiro atoms. The molecule has 3 fully saturated rings. The van der Waals surface area contributed by atoms with Crippen molar-refractivity contribution < 1.29 is 18.7 Å². The number of benzene rings is 2. The topological polar surface area (TPSA) is 61.4 Å². The van der Waals surface area contributed by atoms with Crippen molar-refractivity contribution >= 4 is 5.91 Å². The van der Waals surface area contributed by atoms with Gasteiger partial charge in [0.05, 0.1) is 12.1 Å². The van der Waals surface area contributed by atoms with Crippen molar-refractivity contribution in [1.82, 2.24) is 10.6 Å². The number of hydrogen-bond acceptors (Lipinski definition) is 3. The van der Waals surface area contributed by atoms with E-state index in [9.17, 15) is 18.7 Å². The first-order chi connectivity index (χ1) is 16.3. The van der Waals surface area contributed by atoms with Gasteiger partial charge in [0.2, 0.25) is 5.91 Å². The van der Waals surface area contributed by atoms with E-state index in [-0.39, 0.29) is 24.4 Å². The molecule has 2 aromatic rings. The lowest BCUT2D eigenvalue weighted by Gasteiger charge is -2.28. The minimum Gasteiger partial charge on any atom is -0.390 e. The average Bonchev–Trinajstić information content (AvgIpc) is 3.28. The molecule has 34 heavy (non-hydrogen) atoms. The molecule has 3 unspecified atom stereocenters. The summed E-state index contributed by atoms with van der Waals surface area (Å²) in [6, 6.07) is 11.6. The molecule has 3 aliphatic carbocycles. The molecule has 3 aliphatic rings. The van der Waals surface area contributed by atoms with E-state index in [1.165, 1.54) is 55.9 Å². The van der Waals surface area contributed by atoms with Gasteiger partial charge in [-0.15, -0.1) is 0 Å². The molecular formula is C28H34F2N2O2. The Morgan fingerprint density at radius 3 is 2.50 bits per heavy atom. The van der Waals surface area contributed by atoms with Gasteiger partial charge in [-0.25, -0.2) is 8.78 Å². The highest BCUT2D eigenvalue weighted by Gasteiger charge is 2.45.